The third-order valence-electron chi connectivity index (χ3n) is 7.07. The van der Waals surface area contributed by atoms with E-state index in [2.05, 4.69) is 6.92 Å². The lowest BCUT2D eigenvalue weighted by Crippen LogP contribution is -2.46. The largest absolute Gasteiger partial charge is 0.356 e. The highest BCUT2D eigenvalue weighted by molar-refractivity contribution is 7.91. The topological polar surface area (TPSA) is 52.6 Å². The van der Waals surface area contributed by atoms with E-state index >= 15 is 0 Å². The molecule has 2 aliphatic carbocycles. The molecular formula is C21H30O4S. The fourth-order valence-corrected chi connectivity index (χ4v) is 7.78. The van der Waals surface area contributed by atoms with Gasteiger partial charge in [-0.2, -0.15) is 0 Å². The van der Waals surface area contributed by atoms with Gasteiger partial charge in [-0.25, -0.2) is 8.42 Å². The Balaban J connectivity index is 1.66. The first-order valence-corrected chi connectivity index (χ1v) is 11.6. The summed E-state index contributed by atoms with van der Waals surface area (Å²) in [6.45, 7) is 2.10. The van der Waals surface area contributed by atoms with Crippen molar-refractivity contribution in [2.45, 2.75) is 56.3 Å². The van der Waals surface area contributed by atoms with Crippen molar-refractivity contribution in [2.24, 2.45) is 29.6 Å². The van der Waals surface area contributed by atoms with Gasteiger partial charge in [-0.15, -0.1) is 0 Å². The highest BCUT2D eigenvalue weighted by atomic mass is 32.2. The molecule has 0 aromatic heterocycles. The molecule has 3 aliphatic rings. The maximum Gasteiger partial charge on any atom is 0.178 e. The van der Waals surface area contributed by atoms with Crippen LogP contribution in [0, 0.1) is 29.6 Å². The fourth-order valence-electron chi connectivity index (χ4n) is 6.04. The molecule has 144 valence electrons. The molecule has 2 saturated carbocycles. The van der Waals surface area contributed by atoms with Crippen molar-refractivity contribution in [3.05, 3.63) is 30.3 Å². The molecule has 5 heteroatoms. The predicted octanol–water partition coefficient (Wildman–Crippen LogP) is 3.91. The van der Waals surface area contributed by atoms with Crippen LogP contribution in [0.1, 0.15) is 39.0 Å². The summed E-state index contributed by atoms with van der Waals surface area (Å²) < 4.78 is 38.0. The van der Waals surface area contributed by atoms with Gasteiger partial charge in [0.05, 0.1) is 16.8 Å². The van der Waals surface area contributed by atoms with Crippen LogP contribution in [0.2, 0.25) is 0 Å². The summed E-state index contributed by atoms with van der Waals surface area (Å²) in [7, 11) is -1.58. The van der Waals surface area contributed by atoms with Gasteiger partial charge in [0.25, 0.3) is 0 Å². The van der Waals surface area contributed by atoms with Crippen LogP contribution in [-0.4, -0.2) is 33.7 Å². The molecule has 1 aromatic carbocycles. The standard InChI is InChI=1S/C21H30O4S/c1-14-20-18(21(24-2)25-14)12-15-8-6-7-11-17(15)19(20)13-26(22,23)16-9-4-3-5-10-16/h3-5,9-10,14-15,17-21H,6-8,11-13H2,1-2H3/t14-,15+,17-,18-,19+,20-,21-/m0/s1. The maximum atomic E-state index is 13.1. The van der Waals surface area contributed by atoms with E-state index < -0.39 is 9.84 Å². The number of ether oxygens (including phenoxy) is 2. The Morgan fingerprint density at radius 3 is 2.58 bits per heavy atom. The number of rotatable bonds is 4. The van der Waals surface area contributed by atoms with Crippen molar-refractivity contribution in [3.8, 4) is 0 Å². The molecule has 0 radical (unpaired) electrons. The van der Waals surface area contributed by atoms with E-state index in [0.717, 1.165) is 12.8 Å². The summed E-state index contributed by atoms with van der Waals surface area (Å²) >= 11 is 0. The smallest absolute Gasteiger partial charge is 0.178 e. The van der Waals surface area contributed by atoms with Crippen LogP contribution in [0.3, 0.4) is 0 Å². The second-order valence-corrected chi connectivity index (χ2v) is 10.4. The zero-order valence-corrected chi connectivity index (χ0v) is 16.5. The van der Waals surface area contributed by atoms with Crippen LogP contribution in [0.15, 0.2) is 35.2 Å². The zero-order chi connectivity index (χ0) is 18.3. The van der Waals surface area contributed by atoms with Crippen LogP contribution in [-0.2, 0) is 19.3 Å². The van der Waals surface area contributed by atoms with Crippen LogP contribution >= 0.6 is 0 Å². The van der Waals surface area contributed by atoms with Crippen LogP contribution < -0.4 is 0 Å². The molecule has 26 heavy (non-hydrogen) atoms. The lowest BCUT2D eigenvalue weighted by atomic mass is 9.58. The van der Waals surface area contributed by atoms with E-state index in [0.29, 0.717) is 22.6 Å². The minimum Gasteiger partial charge on any atom is -0.356 e. The van der Waals surface area contributed by atoms with Gasteiger partial charge in [0.2, 0.25) is 0 Å². The molecule has 4 nitrogen and oxygen atoms in total. The fraction of sp³-hybridized carbons (Fsp3) is 0.714. The third-order valence-corrected chi connectivity index (χ3v) is 8.88. The molecule has 1 heterocycles. The average molecular weight is 379 g/mol. The van der Waals surface area contributed by atoms with Crippen LogP contribution in [0.25, 0.3) is 0 Å². The second kappa shape index (κ2) is 7.25. The molecule has 0 N–H and O–H groups in total. The molecule has 0 spiro atoms. The Hall–Kier alpha value is -0.910. The summed E-state index contributed by atoms with van der Waals surface area (Å²) in [5.74, 6) is 2.13. The normalized spacial score (nSPS) is 40.0. The summed E-state index contributed by atoms with van der Waals surface area (Å²) in [6.07, 6.45) is 5.88. The van der Waals surface area contributed by atoms with E-state index in [1.165, 1.54) is 19.3 Å². The number of benzene rings is 1. The van der Waals surface area contributed by atoms with Gasteiger partial charge < -0.3 is 9.47 Å². The van der Waals surface area contributed by atoms with Gasteiger partial charge in [0.15, 0.2) is 16.1 Å². The summed E-state index contributed by atoms with van der Waals surface area (Å²) in [5, 5.41) is 0. The van der Waals surface area contributed by atoms with Crippen molar-refractivity contribution >= 4 is 9.84 Å². The number of sulfone groups is 1. The quantitative estimate of drug-likeness (QED) is 0.797. The van der Waals surface area contributed by atoms with Gasteiger partial charge in [0, 0.05) is 13.0 Å². The van der Waals surface area contributed by atoms with Gasteiger partial charge in [-0.05, 0) is 55.6 Å². The lowest BCUT2D eigenvalue weighted by Gasteiger charge is -2.48. The third kappa shape index (κ3) is 3.23. The molecule has 0 unspecified atom stereocenters. The molecule has 3 fully saturated rings. The van der Waals surface area contributed by atoms with E-state index in [-0.39, 0.29) is 30.0 Å². The second-order valence-electron chi connectivity index (χ2n) is 8.39. The molecule has 7 atom stereocenters. The first-order valence-electron chi connectivity index (χ1n) is 9.97. The van der Waals surface area contributed by atoms with E-state index in [1.807, 2.05) is 18.2 Å². The number of fused-ring (bicyclic) bond motifs is 2. The summed E-state index contributed by atoms with van der Waals surface area (Å²) in [4.78, 5) is 0.448. The highest BCUT2D eigenvalue weighted by Crippen LogP contribution is 2.55. The van der Waals surface area contributed by atoms with Crippen LogP contribution in [0.4, 0.5) is 0 Å². The molecule has 1 aromatic rings. The van der Waals surface area contributed by atoms with Crippen molar-refractivity contribution < 1.29 is 17.9 Å². The predicted molar refractivity (Wildman–Crippen MR) is 100 cm³/mol. The Morgan fingerprint density at radius 1 is 1.12 bits per heavy atom. The lowest BCUT2D eigenvalue weighted by molar-refractivity contribution is -0.132. The molecule has 1 saturated heterocycles. The highest BCUT2D eigenvalue weighted by Gasteiger charge is 2.55. The van der Waals surface area contributed by atoms with Gasteiger partial charge in [0.1, 0.15) is 0 Å². The summed E-state index contributed by atoms with van der Waals surface area (Å²) in [5.41, 5.74) is 0. The molecule has 0 bridgehead atoms. The minimum absolute atomic E-state index is 0.0591. The Bertz CT molecular complexity index is 717. The van der Waals surface area contributed by atoms with Gasteiger partial charge in [-0.1, -0.05) is 37.5 Å². The first-order chi connectivity index (χ1) is 12.5. The van der Waals surface area contributed by atoms with E-state index in [4.69, 9.17) is 9.47 Å². The molecule has 4 rings (SSSR count). The van der Waals surface area contributed by atoms with E-state index in [9.17, 15) is 8.42 Å². The SMILES string of the molecule is CO[C@H]1O[C@@H](C)[C@H]2[C@@H]1C[C@H]1CCCC[C@@H]1[C@H]2CS(=O)(=O)c1ccccc1. The minimum atomic E-state index is -3.29. The summed E-state index contributed by atoms with van der Waals surface area (Å²) in [6, 6.07) is 8.93. The first kappa shape index (κ1) is 18.5. The van der Waals surface area contributed by atoms with Crippen molar-refractivity contribution in [2.75, 3.05) is 12.9 Å². The van der Waals surface area contributed by atoms with Gasteiger partial charge in [-0.3, -0.25) is 0 Å². The monoisotopic (exact) mass is 378 g/mol. The van der Waals surface area contributed by atoms with Crippen molar-refractivity contribution in [1.82, 2.24) is 0 Å². The molecule has 0 amide bonds. The zero-order valence-electron chi connectivity index (χ0n) is 15.7. The number of hydrogen-bond acceptors (Lipinski definition) is 4. The number of methoxy groups -OCH3 is 1. The van der Waals surface area contributed by atoms with E-state index in [1.54, 1.807) is 19.2 Å². The average Bonchev–Trinajstić information content (AvgIpc) is 2.98. The van der Waals surface area contributed by atoms with Crippen molar-refractivity contribution in [3.63, 3.8) is 0 Å². The number of hydrogen-bond donors (Lipinski definition) is 0. The Morgan fingerprint density at radius 2 is 1.85 bits per heavy atom. The Labute approximate surface area is 157 Å². The van der Waals surface area contributed by atoms with Gasteiger partial charge >= 0.3 is 0 Å². The molecular weight excluding hydrogens is 348 g/mol. The Kier molecular flexibility index (Phi) is 5.15. The van der Waals surface area contributed by atoms with Crippen LogP contribution in [0.5, 0.6) is 0 Å². The maximum absolute atomic E-state index is 13.1. The van der Waals surface area contributed by atoms with Crippen molar-refractivity contribution in [1.29, 1.82) is 0 Å². The molecule has 1 aliphatic heterocycles.